The molecule has 2 aliphatic rings. The van der Waals surface area contributed by atoms with Crippen LogP contribution in [0.1, 0.15) is 36.9 Å². The fraction of sp³-hybridized carbons (Fsp3) is 0.400. The van der Waals surface area contributed by atoms with E-state index in [0.29, 0.717) is 13.0 Å². The topological polar surface area (TPSA) is 54.9 Å². The van der Waals surface area contributed by atoms with E-state index in [1.807, 2.05) is 30.3 Å². The summed E-state index contributed by atoms with van der Waals surface area (Å²) in [5, 5.41) is 0. The Balaban J connectivity index is 1.35. The summed E-state index contributed by atoms with van der Waals surface area (Å²) in [5.41, 5.74) is 3.16. The van der Waals surface area contributed by atoms with Crippen LogP contribution in [0.5, 0.6) is 11.5 Å². The average Bonchev–Trinajstić information content (AvgIpc) is 3.43. The van der Waals surface area contributed by atoms with E-state index in [-0.39, 0.29) is 18.1 Å². The van der Waals surface area contributed by atoms with Gasteiger partial charge < -0.3 is 19.3 Å². The highest BCUT2D eigenvalue weighted by Crippen LogP contribution is 2.36. The number of carbonyl (C=O) groups excluding carboxylic acids is 1. The lowest BCUT2D eigenvalue weighted by molar-refractivity contribution is -0.133. The molecule has 0 radical (unpaired) electrons. The normalized spacial score (nSPS) is 18.3. The molecule has 5 rings (SSSR count). The highest BCUT2D eigenvalue weighted by molar-refractivity contribution is 5.79. The molecule has 0 spiro atoms. The fourth-order valence-corrected chi connectivity index (χ4v) is 5.38. The van der Waals surface area contributed by atoms with Gasteiger partial charge in [0.25, 0.3) is 0 Å². The van der Waals surface area contributed by atoms with E-state index in [4.69, 9.17) is 9.47 Å². The molecule has 0 bridgehead atoms. The van der Waals surface area contributed by atoms with Crippen molar-refractivity contribution in [2.24, 2.45) is 0 Å². The molecule has 2 heterocycles. The van der Waals surface area contributed by atoms with E-state index in [9.17, 15) is 4.79 Å². The maximum Gasteiger partial charge on any atom is 0.228 e. The van der Waals surface area contributed by atoms with E-state index >= 15 is 0 Å². The molecule has 3 aromatic rings. The third-order valence-corrected chi connectivity index (χ3v) is 7.28. The van der Waals surface area contributed by atoms with Crippen molar-refractivity contribution in [3.05, 3.63) is 84.2 Å². The maximum absolute atomic E-state index is 13.4. The Bertz CT molecular complexity index is 1130. The molecule has 188 valence electrons. The van der Waals surface area contributed by atoms with Gasteiger partial charge in [-0.05, 0) is 61.9 Å². The van der Waals surface area contributed by atoms with Crippen LogP contribution < -0.4 is 14.4 Å². The molecule has 1 saturated carbocycles. The number of rotatable bonds is 8. The predicted octanol–water partition coefficient (Wildman–Crippen LogP) is 4.91. The maximum atomic E-state index is 13.4. The fourth-order valence-electron chi connectivity index (χ4n) is 5.38. The Kier molecular flexibility index (Phi) is 7.70. The number of hydrogen-bond donors (Lipinski definition) is 0. The molecule has 2 fully saturated rings. The number of nitrogens with zero attached hydrogens (tertiary/aromatic N) is 3. The molecule has 1 aromatic heterocycles. The summed E-state index contributed by atoms with van der Waals surface area (Å²) >= 11 is 0. The van der Waals surface area contributed by atoms with Gasteiger partial charge in [0.15, 0.2) is 11.5 Å². The van der Waals surface area contributed by atoms with Crippen molar-refractivity contribution in [3.8, 4) is 11.5 Å². The number of aromatic nitrogens is 1. The molecule has 0 N–H and O–H groups in total. The Labute approximate surface area is 213 Å². The van der Waals surface area contributed by atoms with Crippen LogP contribution >= 0.6 is 0 Å². The second kappa shape index (κ2) is 11.5. The van der Waals surface area contributed by atoms with Gasteiger partial charge in [-0.25, -0.2) is 0 Å². The highest BCUT2D eigenvalue weighted by Gasteiger charge is 2.31. The summed E-state index contributed by atoms with van der Waals surface area (Å²) in [6.45, 7) is 2.21. The molecule has 2 aromatic carbocycles. The summed E-state index contributed by atoms with van der Waals surface area (Å²) in [4.78, 5) is 22.2. The SMILES string of the molecule is COc1ccc(N2CCN(C(=O)Cc3ccccn3)C(Cc3ccccc3)C2)cc1OC1CCCC1. The number of pyridine rings is 1. The molecule has 1 saturated heterocycles. The van der Waals surface area contributed by atoms with Crippen molar-refractivity contribution in [2.45, 2.75) is 50.7 Å². The van der Waals surface area contributed by atoms with Crippen molar-refractivity contribution in [3.63, 3.8) is 0 Å². The largest absolute Gasteiger partial charge is 0.493 e. The number of hydrogen-bond acceptors (Lipinski definition) is 5. The quantitative estimate of drug-likeness (QED) is 0.454. The molecule has 6 nitrogen and oxygen atoms in total. The van der Waals surface area contributed by atoms with Crippen molar-refractivity contribution < 1.29 is 14.3 Å². The van der Waals surface area contributed by atoms with E-state index in [1.54, 1.807) is 13.3 Å². The third kappa shape index (κ3) is 5.81. The molecule has 1 unspecified atom stereocenters. The average molecular weight is 486 g/mol. The zero-order chi connectivity index (χ0) is 24.7. The Morgan fingerprint density at radius 1 is 0.972 bits per heavy atom. The first kappa shape index (κ1) is 24.2. The van der Waals surface area contributed by atoms with E-state index < -0.39 is 0 Å². The van der Waals surface area contributed by atoms with Crippen molar-refractivity contribution in [1.29, 1.82) is 0 Å². The molecule has 1 aliphatic carbocycles. The smallest absolute Gasteiger partial charge is 0.228 e. The minimum atomic E-state index is 0.0682. The van der Waals surface area contributed by atoms with Gasteiger partial charge in [-0.15, -0.1) is 0 Å². The molecule has 1 aliphatic heterocycles. The Morgan fingerprint density at radius 3 is 2.53 bits per heavy atom. The van der Waals surface area contributed by atoms with Gasteiger partial charge in [-0.2, -0.15) is 0 Å². The second-order valence-electron chi connectivity index (χ2n) is 9.73. The van der Waals surface area contributed by atoms with Crippen molar-refractivity contribution >= 4 is 11.6 Å². The van der Waals surface area contributed by atoms with Crippen LogP contribution in [-0.4, -0.2) is 54.7 Å². The lowest BCUT2D eigenvalue weighted by Crippen LogP contribution is -2.56. The van der Waals surface area contributed by atoms with Crippen LogP contribution in [0.4, 0.5) is 5.69 Å². The molecule has 36 heavy (non-hydrogen) atoms. The predicted molar refractivity (Wildman–Crippen MR) is 142 cm³/mol. The molecule has 1 amide bonds. The Morgan fingerprint density at radius 2 is 1.78 bits per heavy atom. The van der Waals surface area contributed by atoms with Gasteiger partial charge >= 0.3 is 0 Å². The summed E-state index contributed by atoms with van der Waals surface area (Å²) in [7, 11) is 1.69. The van der Waals surface area contributed by atoms with Gasteiger partial charge in [0.1, 0.15) is 0 Å². The first-order valence-electron chi connectivity index (χ1n) is 13.0. The van der Waals surface area contributed by atoms with Crippen molar-refractivity contribution in [2.75, 3.05) is 31.6 Å². The molecular weight excluding hydrogens is 450 g/mol. The van der Waals surface area contributed by atoms with E-state index in [2.05, 4.69) is 51.2 Å². The van der Waals surface area contributed by atoms with Crippen LogP contribution in [-0.2, 0) is 17.6 Å². The number of anilines is 1. The minimum Gasteiger partial charge on any atom is -0.493 e. The lowest BCUT2D eigenvalue weighted by atomic mass is 10.0. The summed E-state index contributed by atoms with van der Waals surface area (Å²) in [6.07, 6.45) is 7.80. The zero-order valence-corrected chi connectivity index (χ0v) is 21.0. The number of piperazine rings is 1. The van der Waals surface area contributed by atoms with E-state index in [0.717, 1.165) is 55.2 Å². The monoisotopic (exact) mass is 485 g/mol. The summed E-state index contributed by atoms with van der Waals surface area (Å²) in [6, 6.07) is 22.5. The van der Waals surface area contributed by atoms with Gasteiger partial charge in [0, 0.05) is 43.3 Å². The number of amides is 1. The first-order valence-corrected chi connectivity index (χ1v) is 13.0. The Hall–Kier alpha value is -3.54. The van der Waals surface area contributed by atoms with Crippen LogP contribution in [0.25, 0.3) is 0 Å². The summed E-state index contributed by atoms with van der Waals surface area (Å²) in [5.74, 6) is 1.72. The number of carbonyl (C=O) groups is 1. The summed E-state index contributed by atoms with van der Waals surface area (Å²) < 4.78 is 12.0. The van der Waals surface area contributed by atoms with Gasteiger partial charge in [0.2, 0.25) is 5.91 Å². The number of ether oxygens (including phenoxy) is 2. The third-order valence-electron chi connectivity index (χ3n) is 7.28. The van der Waals surface area contributed by atoms with Crippen LogP contribution in [0, 0.1) is 0 Å². The molecule has 6 heteroatoms. The van der Waals surface area contributed by atoms with Gasteiger partial charge in [-0.3, -0.25) is 9.78 Å². The second-order valence-corrected chi connectivity index (χ2v) is 9.73. The van der Waals surface area contributed by atoms with E-state index in [1.165, 1.54) is 18.4 Å². The first-order chi connectivity index (χ1) is 17.7. The molecule has 1 atom stereocenters. The minimum absolute atomic E-state index is 0.0682. The highest BCUT2D eigenvalue weighted by atomic mass is 16.5. The van der Waals surface area contributed by atoms with Crippen LogP contribution in [0.15, 0.2) is 72.9 Å². The lowest BCUT2D eigenvalue weighted by Gasteiger charge is -2.43. The standard InChI is InChI=1S/C30H35N3O3/c1-35-28-15-14-25(21-29(28)36-27-12-5-6-13-27)32-17-18-33(30(34)20-24-11-7-8-16-31-24)26(22-32)19-23-9-3-2-4-10-23/h2-4,7-11,14-16,21,26-27H,5-6,12-13,17-20,22H2,1H3. The van der Waals surface area contributed by atoms with Gasteiger partial charge in [0.05, 0.1) is 25.7 Å². The van der Waals surface area contributed by atoms with Crippen LogP contribution in [0.3, 0.4) is 0 Å². The number of benzene rings is 2. The number of methoxy groups -OCH3 is 1. The van der Waals surface area contributed by atoms with Crippen LogP contribution in [0.2, 0.25) is 0 Å². The van der Waals surface area contributed by atoms with Crippen molar-refractivity contribution in [1.82, 2.24) is 9.88 Å². The molecular formula is C30H35N3O3. The van der Waals surface area contributed by atoms with Gasteiger partial charge in [-0.1, -0.05) is 36.4 Å². The zero-order valence-electron chi connectivity index (χ0n) is 21.0.